The molecule has 0 amide bonds. The molecule has 1 aromatic carbocycles. The van der Waals surface area contributed by atoms with Crippen molar-refractivity contribution in [1.29, 1.82) is 0 Å². The monoisotopic (exact) mass is 407 g/mol. The maximum absolute atomic E-state index is 6.44. The number of rotatable bonds is 3. The van der Waals surface area contributed by atoms with Crippen LogP contribution in [0, 0.1) is 0 Å². The summed E-state index contributed by atoms with van der Waals surface area (Å²) >= 11 is 14.9. The lowest BCUT2D eigenvalue weighted by Crippen LogP contribution is -2.35. The van der Waals surface area contributed by atoms with Gasteiger partial charge < -0.3 is 5.73 Å². The topological polar surface area (TPSA) is 26.0 Å². The van der Waals surface area contributed by atoms with Crippen LogP contribution in [0.4, 0.5) is 0 Å². The van der Waals surface area contributed by atoms with Crippen molar-refractivity contribution in [2.75, 3.05) is 0 Å². The average molecular weight is 410 g/mol. The third kappa shape index (κ3) is 3.17. The predicted octanol–water partition coefficient (Wildman–Crippen LogP) is 5.34. The Morgan fingerprint density at radius 2 is 2.06 bits per heavy atom. The highest BCUT2D eigenvalue weighted by molar-refractivity contribution is 9.10. The zero-order valence-corrected chi connectivity index (χ0v) is 14.5. The Labute approximate surface area is 133 Å². The van der Waals surface area contributed by atoms with Gasteiger partial charge >= 0.3 is 0 Å². The number of hydrogen-bond donors (Lipinski definition) is 1. The molecule has 1 heterocycles. The van der Waals surface area contributed by atoms with Crippen LogP contribution in [0.25, 0.3) is 0 Å². The number of benzene rings is 1. The van der Waals surface area contributed by atoms with Crippen molar-refractivity contribution >= 4 is 54.8 Å². The molecule has 0 saturated carbocycles. The summed E-state index contributed by atoms with van der Waals surface area (Å²) in [7, 11) is 0. The van der Waals surface area contributed by atoms with Gasteiger partial charge in [0.05, 0.1) is 0 Å². The van der Waals surface area contributed by atoms with Gasteiger partial charge in [-0.2, -0.15) is 0 Å². The van der Waals surface area contributed by atoms with Crippen LogP contribution >= 0.6 is 54.8 Å². The normalized spacial score (nSPS) is 14.5. The molecule has 1 unspecified atom stereocenters. The zero-order valence-electron chi connectivity index (χ0n) is 9.71. The van der Waals surface area contributed by atoms with Gasteiger partial charge in [-0.3, -0.25) is 0 Å². The molecule has 2 rings (SSSR count). The van der Waals surface area contributed by atoms with Crippen molar-refractivity contribution in [3.8, 4) is 0 Å². The first kappa shape index (κ1) is 14.5. The quantitative estimate of drug-likeness (QED) is 0.727. The van der Waals surface area contributed by atoms with Gasteiger partial charge in [0.15, 0.2) is 0 Å². The summed E-state index contributed by atoms with van der Waals surface area (Å²) in [5.74, 6) is 0. The molecule has 1 nitrogen and oxygen atoms in total. The molecular formula is C13H12Br2ClNS. The van der Waals surface area contributed by atoms with Crippen LogP contribution in [-0.4, -0.2) is 0 Å². The minimum Gasteiger partial charge on any atom is -0.321 e. The van der Waals surface area contributed by atoms with E-state index in [1.54, 1.807) is 11.3 Å². The highest BCUT2D eigenvalue weighted by Crippen LogP contribution is 2.34. The van der Waals surface area contributed by atoms with Gasteiger partial charge in [0, 0.05) is 30.8 Å². The number of halogens is 3. The average Bonchev–Trinajstić information content (AvgIpc) is 2.63. The van der Waals surface area contributed by atoms with Crippen LogP contribution in [0.5, 0.6) is 0 Å². The Balaban J connectivity index is 2.33. The van der Waals surface area contributed by atoms with E-state index in [1.165, 1.54) is 4.88 Å². The van der Waals surface area contributed by atoms with Gasteiger partial charge in [-0.1, -0.05) is 33.6 Å². The third-order valence-corrected chi connectivity index (χ3v) is 5.50. The van der Waals surface area contributed by atoms with E-state index in [-0.39, 0.29) is 0 Å². The molecule has 1 aromatic heterocycles. The van der Waals surface area contributed by atoms with Crippen molar-refractivity contribution in [2.24, 2.45) is 5.73 Å². The van der Waals surface area contributed by atoms with Crippen LogP contribution in [0.2, 0.25) is 5.02 Å². The lowest BCUT2D eigenvalue weighted by atomic mass is 9.89. The number of nitrogens with two attached hydrogens (primary N) is 1. The molecule has 0 aliphatic heterocycles. The van der Waals surface area contributed by atoms with Crippen molar-refractivity contribution in [1.82, 2.24) is 0 Å². The second kappa shape index (κ2) is 5.63. The Morgan fingerprint density at radius 1 is 1.33 bits per heavy atom. The van der Waals surface area contributed by atoms with Crippen LogP contribution in [0.1, 0.15) is 17.4 Å². The molecule has 2 N–H and O–H groups in total. The molecule has 0 aliphatic carbocycles. The Bertz CT molecular complexity index is 566. The fraction of sp³-hybridized carbons (Fsp3) is 0.231. The number of thiophene rings is 1. The van der Waals surface area contributed by atoms with Gasteiger partial charge in [-0.15, -0.1) is 11.3 Å². The van der Waals surface area contributed by atoms with Gasteiger partial charge in [-0.25, -0.2) is 0 Å². The maximum Gasteiger partial charge on any atom is 0.0467 e. The molecule has 0 fully saturated rings. The van der Waals surface area contributed by atoms with Crippen LogP contribution in [-0.2, 0) is 12.0 Å². The van der Waals surface area contributed by atoms with E-state index in [1.807, 2.05) is 31.2 Å². The van der Waals surface area contributed by atoms with Gasteiger partial charge in [-0.05, 0) is 52.0 Å². The molecule has 0 bridgehead atoms. The maximum atomic E-state index is 6.44. The zero-order chi connectivity index (χ0) is 13.3. The lowest BCUT2D eigenvalue weighted by molar-refractivity contribution is 0.495. The van der Waals surface area contributed by atoms with Gasteiger partial charge in [0.2, 0.25) is 0 Å². The highest BCUT2D eigenvalue weighted by atomic mass is 79.9. The summed E-state index contributed by atoms with van der Waals surface area (Å²) < 4.78 is 2.07. The summed E-state index contributed by atoms with van der Waals surface area (Å²) in [6.45, 7) is 2.01. The molecule has 5 heteroatoms. The lowest BCUT2D eigenvalue weighted by Gasteiger charge is -2.26. The van der Waals surface area contributed by atoms with Crippen molar-refractivity contribution in [2.45, 2.75) is 18.9 Å². The van der Waals surface area contributed by atoms with Crippen molar-refractivity contribution in [3.63, 3.8) is 0 Å². The Hall–Kier alpha value is 0.130. The second-order valence-electron chi connectivity index (χ2n) is 4.41. The van der Waals surface area contributed by atoms with Crippen molar-refractivity contribution < 1.29 is 0 Å². The standard InChI is InChI=1S/C13H12Br2ClNS/c1-13(17,7-12-10(15)4-5-18-12)9-3-2-8(14)6-11(9)16/h2-6H,7,17H2,1H3. The van der Waals surface area contributed by atoms with Crippen LogP contribution in [0.15, 0.2) is 38.6 Å². The van der Waals surface area contributed by atoms with Crippen LogP contribution in [0.3, 0.4) is 0 Å². The minimum atomic E-state index is -0.481. The molecular weight excluding hydrogens is 397 g/mol. The molecule has 0 radical (unpaired) electrons. The van der Waals surface area contributed by atoms with E-state index in [9.17, 15) is 0 Å². The molecule has 1 atom stereocenters. The first-order valence-electron chi connectivity index (χ1n) is 5.36. The summed E-state index contributed by atoms with van der Waals surface area (Å²) in [5.41, 5.74) is 6.92. The van der Waals surface area contributed by atoms with E-state index < -0.39 is 5.54 Å². The summed E-state index contributed by atoms with van der Waals surface area (Å²) in [6, 6.07) is 7.87. The molecule has 2 aromatic rings. The van der Waals surface area contributed by atoms with E-state index in [2.05, 4.69) is 37.2 Å². The first-order valence-corrected chi connectivity index (χ1v) is 8.21. The molecule has 96 valence electrons. The Morgan fingerprint density at radius 3 is 2.61 bits per heavy atom. The smallest absolute Gasteiger partial charge is 0.0467 e. The summed E-state index contributed by atoms with van der Waals surface area (Å²) in [4.78, 5) is 1.24. The van der Waals surface area contributed by atoms with Gasteiger partial charge in [0.25, 0.3) is 0 Å². The molecule has 18 heavy (non-hydrogen) atoms. The van der Waals surface area contributed by atoms with E-state index in [4.69, 9.17) is 17.3 Å². The molecule has 0 aliphatic rings. The highest BCUT2D eigenvalue weighted by Gasteiger charge is 2.25. The molecule has 0 spiro atoms. The first-order chi connectivity index (χ1) is 8.40. The van der Waals surface area contributed by atoms with Crippen LogP contribution < -0.4 is 5.73 Å². The Kier molecular flexibility index (Phi) is 4.55. The summed E-state index contributed by atoms with van der Waals surface area (Å²) in [6.07, 6.45) is 0.757. The summed E-state index contributed by atoms with van der Waals surface area (Å²) in [5, 5.41) is 2.75. The van der Waals surface area contributed by atoms with Crippen molar-refractivity contribution in [3.05, 3.63) is 54.1 Å². The fourth-order valence-electron chi connectivity index (χ4n) is 1.83. The number of hydrogen-bond acceptors (Lipinski definition) is 2. The molecule has 0 saturated heterocycles. The van der Waals surface area contributed by atoms with E-state index in [0.717, 1.165) is 20.9 Å². The van der Waals surface area contributed by atoms with Gasteiger partial charge in [0.1, 0.15) is 0 Å². The van der Waals surface area contributed by atoms with E-state index >= 15 is 0 Å². The third-order valence-electron chi connectivity index (χ3n) is 2.77. The second-order valence-corrected chi connectivity index (χ2v) is 7.59. The van der Waals surface area contributed by atoms with E-state index in [0.29, 0.717) is 5.02 Å². The fourth-order valence-corrected chi connectivity index (χ4v) is 4.38. The SMILES string of the molecule is CC(N)(Cc1sccc1Br)c1ccc(Br)cc1Cl. The largest absolute Gasteiger partial charge is 0.321 e. The predicted molar refractivity (Wildman–Crippen MR) is 86.4 cm³/mol. The minimum absolute atomic E-state index is 0.481.